The summed E-state index contributed by atoms with van der Waals surface area (Å²) in [6.07, 6.45) is 1.67. The number of carbonyl (C=O) groups excluding carboxylic acids is 1. The molecule has 1 fully saturated rings. The lowest BCUT2D eigenvalue weighted by molar-refractivity contribution is -0.143. The number of rotatable bonds is 4. The van der Waals surface area contributed by atoms with Crippen LogP contribution >= 0.6 is 0 Å². The van der Waals surface area contributed by atoms with Crippen LogP contribution in [0.3, 0.4) is 0 Å². The molecule has 6 heteroatoms. The molecule has 1 amide bonds. The van der Waals surface area contributed by atoms with E-state index in [1.54, 1.807) is 20.8 Å². The zero-order chi connectivity index (χ0) is 15.3. The summed E-state index contributed by atoms with van der Waals surface area (Å²) in [6.45, 7) is 4.57. The number of alkyl carbamates (subject to hydrolysis) is 1. The maximum absolute atomic E-state index is 13.1. The Balaban J connectivity index is 2.47. The Kier molecular flexibility index (Phi) is 5.77. The lowest BCUT2D eigenvalue weighted by Crippen LogP contribution is -2.45. The van der Waals surface area contributed by atoms with Crippen molar-refractivity contribution < 1.29 is 23.8 Å². The summed E-state index contributed by atoms with van der Waals surface area (Å²) in [5.41, 5.74) is -0.619. The molecule has 0 aromatic carbocycles. The van der Waals surface area contributed by atoms with Gasteiger partial charge in [0.25, 0.3) is 0 Å². The van der Waals surface area contributed by atoms with Gasteiger partial charge in [-0.05, 0) is 52.4 Å². The Hall–Kier alpha value is -1.33. The van der Waals surface area contributed by atoms with Crippen molar-refractivity contribution >= 4 is 12.1 Å². The van der Waals surface area contributed by atoms with E-state index in [9.17, 15) is 14.0 Å². The van der Waals surface area contributed by atoms with E-state index in [-0.39, 0.29) is 11.8 Å². The summed E-state index contributed by atoms with van der Waals surface area (Å²) in [5.74, 6) is -1.16. The number of hydrogen-bond acceptors (Lipinski definition) is 3. The number of carbonyl (C=O) groups is 2. The first-order valence-electron chi connectivity index (χ1n) is 7.01. The second kappa shape index (κ2) is 6.90. The average Bonchev–Trinajstić information content (AvgIpc) is 2.34. The summed E-state index contributed by atoms with van der Waals surface area (Å²) in [5, 5.41) is 11.5. The number of nitrogens with one attached hydrogen (secondary N) is 1. The van der Waals surface area contributed by atoms with Crippen molar-refractivity contribution in [2.24, 2.45) is 11.8 Å². The molecule has 20 heavy (non-hydrogen) atoms. The number of carboxylic acid groups (broad SMARTS) is 1. The molecule has 1 aliphatic rings. The van der Waals surface area contributed by atoms with E-state index < -0.39 is 30.4 Å². The maximum atomic E-state index is 13.1. The van der Waals surface area contributed by atoms with Crippen LogP contribution in [0, 0.1) is 11.8 Å². The molecule has 116 valence electrons. The third-order valence-electron chi connectivity index (χ3n) is 3.56. The molecule has 1 saturated carbocycles. The van der Waals surface area contributed by atoms with Crippen molar-refractivity contribution in [2.75, 3.05) is 6.67 Å². The van der Waals surface area contributed by atoms with Crippen LogP contribution in [0.15, 0.2) is 0 Å². The van der Waals surface area contributed by atoms with Crippen molar-refractivity contribution in [1.29, 1.82) is 0 Å². The predicted octanol–water partition coefficient (Wildman–Crippen LogP) is 2.74. The normalized spacial score (nSPS) is 24.8. The summed E-state index contributed by atoms with van der Waals surface area (Å²) >= 11 is 0. The summed E-state index contributed by atoms with van der Waals surface area (Å²) in [6, 6.07) is -0.598. The zero-order valence-corrected chi connectivity index (χ0v) is 12.3. The first kappa shape index (κ1) is 16.7. The molecule has 0 heterocycles. The molecule has 2 N–H and O–H groups in total. The highest BCUT2D eigenvalue weighted by atomic mass is 19.1. The van der Waals surface area contributed by atoms with Crippen molar-refractivity contribution in [3.05, 3.63) is 0 Å². The second-order valence-corrected chi connectivity index (χ2v) is 6.36. The second-order valence-electron chi connectivity index (χ2n) is 6.36. The van der Waals surface area contributed by atoms with Crippen LogP contribution in [-0.4, -0.2) is 35.5 Å². The van der Waals surface area contributed by atoms with Crippen molar-refractivity contribution in [3.8, 4) is 0 Å². The van der Waals surface area contributed by atoms with Gasteiger partial charge in [-0.1, -0.05) is 0 Å². The van der Waals surface area contributed by atoms with E-state index in [1.807, 2.05) is 0 Å². The van der Waals surface area contributed by atoms with Crippen LogP contribution < -0.4 is 5.32 Å². The van der Waals surface area contributed by atoms with Gasteiger partial charge in [0.2, 0.25) is 0 Å². The van der Waals surface area contributed by atoms with Crippen LogP contribution in [0.25, 0.3) is 0 Å². The van der Waals surface area contributed by atoms with Gasteiger partial charge in [0.1, 0.15) is 12.3 Å². The van der Waals surface area contributed by atoms with Crippen LogP contribution in [0.4, 0.5) is 9.18 Å². The zero-order valence-electron chi connectivity index (χ0n) is 12.3. The molecule has 0 radical (unpaired) electrons. The van der Waals surface area contributed by atoms with Crippen LogP contribution in [0.5, 0.6) is 0 Å². The van der Waals surface area contributed by atoms with Crippen LogP contribution in [-0.2, 0) is 9.53 Å². The van der Waals surface area contributed by atoms with E-state index in [0.717, 1.165) is 0 Å². The van der Waals surface area contributed by atoms with Crippen LogP contribution in [0.1, 0.15) is 46.5 Å². The highest BCUT2D eigenvalue weighted by molar-refractivity contribution is 5.70. The summed E-state index contributed by atoms with van der Waals surface area (Å²) in [4.78, 5) is 22.5. The SMILES string of the molecule is CC(C)(C)OC(=O)N[C@@H](CF)[C@H]1CC[C@H](C(=O)O)CC1. The van der Waals surface area contributed by atoms with Gasteiger partial charge in [0.05, 0.1) is 12.0 Å². The number of aliphatic carboxylic acids is 1. The molecule has 1 aliphatic carbocycles. The Bertz CT molecular complexity index is 346. The van der Waals surface area contributed by atoms with Gasteiger partial charge in [-0.25, -0.2) is 9.18 Å². The number of alkyl halides is 1. The smallest absolute Gasteiger partial charge is 0.407 e. The molecule has 0 aromatic rings. The maximum Gasteiger partial charge on any atom is 0.407 e. The van der Waals surface area contributed by atoms with E-state index in [1.165, 1.54) is 0 Å². The molecule has 0 saturated heterocycles. The van der Waals surface area contributed by atoms with Gasteiger partial charge in [-0.3, -0.25) is 4.79 Å². The van der Waals surface area contributed by atoms with E-state index in [4.69, 9.17) is 9.84 Å². The fourth-order valence-electron chi connectivity index (χ4n) is 2.51. The van der Waals surface area contributed by atoms with Gasteiger partial charge < -0.3 is 15.2 Å². The molecule has 0 aromatic heterocycles. The molecular formula is C14H24FNO4. The third-order valence-corrected chi connectivity index (χ3v) is 3.56. The molecule has 1 rings (SSSR count). The van der Waals surface area contributed by atoms with Gasteiger partial charge in [0, 0.05) is 0 Å². The molecule has 1 atom stereocenters. The predicted molar refractivity (Wildman–Crippen MR) is 72.2 cm³/mol. The lowest BCUT2D eigenvalue weighted by Gasteiger charge is -2.32. The van der Waals surface area contributed by atoms with Crippen molar-refractivity contribution in [2.45, 2.75) is 58.1 Å². The minimum Gasteiger partial charge on any atom is -0.481 e. The standard InChI is InChI=1S/C14H24FNO4/c1-14(2,3)20-13(19)16-11(8-15)9-4-6-10(7-5-9)12(17)18/h9-11H,4-8H2,1-3H3,(H,16,19)(H,17,18)/t9-,10-,11-/m0/s1. The van der Waals surface area contributed by atoms with E-state index in [0.29, 0.717) is 25.7 Å². The lowest BCUT2D eigenvalue weighted by atomic mass is 9.79. The van der Waals surface area contributed by atoms with Gasteiger partial charge in [0.15, 0.2) is 0 Å². The van der Waals surface area contributed by atoms with E-state index >= 15 is 0 Å². The molecule has 0 aliphatic heterocycles. The molecule has 0 bridgehead atoms. The average molecular weight is 289 g/mol. The fourth-order valence-corrected chi connectivity index (χ4v) is 2.51. The largest absolute Gasteiger partial charge is 0.481 e. The highest BCUT2D eigenvalue weighted by Crippen LogP contribution is 2.31. The fraction of sp³-hybridized carbons (Fsp3) is 0.857. The van der Waals surface area contributed by atoms with Gasteiger partial charge >= 0.3 is 12.1 Å². The third kappa shape index (κ3) is 5.35. The molecule has 0 unspecified atom stereocenters. The van der Waals surface area contributed by atoms with Crippen LogP contribution in [0.2, 0.25) is 0 Å². The molecular weight excluding hydrogens is 265 g/mol. The Morgan fingerprint density at radius 3 is 2.25 bits per heavy atom. The first-order valence-corrected chi connectivity index (χ1v) is 7.01. The Morgan fingerprint density at radius 1 is 1.30 bits per heavy atom. The van der Waals surface area contributed by atoms with Gasteiger partial charge in [-0.15, -0.1) is 0 Å². The number of ether oxygens (including phenoxy) is 1. The van der Waals surface area contributed by atoms with Crippen molar-refractivity contribution in [1.82, 2.24) is 5.32 Å². The Morgan fingerprint density at radius 2 is 1.85 bits per heavy atom. The topological polar surface area (TPSA) is 75.6 Å². The van der Waals surface area contributed by atoms with E-state index in [2.05, 4.69) is 5.32 Å². The van der Waals surface area contributed by atoms with Crippen molar-refractivity contribution in [3.63, 3.8) is 0 Å². The monoisotopic (exact) mass is 289 g/mol. The minimum absolute atomic E-state index is 0.0249. The Labute approximate surface area is 118 Å². The summed E-state index contributed by atoms with van der Waals surface area (Å²) in [7, 11) is 0. The highest BCUT2D eigenvalue weighted by Gasteiger charge is 2.32. The quantitative estimate of drug-likeness (QED) is 0.834. The number of hydrogen-bond donors (Lipinski definition) is 2. The number of halogens is 1. The minimum atomic E-state index is -0.791. The summed E-state index contributed by atoms with van der Waals surface area (Å²) < 4.78 is 18.2. The number of amides is 1. The first-order chi connectivity index (χ1) is 9.23. The molecule has 5 nitrogen and oxygen atoms in total. The number of carboxylic acids is 1. The van der Waals surface area contributed by atoms with Gasteiger partial charge in [-0.2, -0.15) is 0 Å². The molecule has 0 spiro atoms.